The van der Waals surface area contributed by atoms with E-state index in [1.165, 1.54) is 45.6 Å². The number of nitrogens with one attached hydrogen (secondary N) is 3. The van der Waals surface area contributed by atoms with Gasteiger partial charge in [0.2, 0.25) is 27.0 Å². The van der Waals surface area contributed by atoms with Gasteiger partial charge in [-0.25, -0.2) is 41.5 Å². The van der Waals surface area contributed by atoms with Crippen LogP contribution in [0.4, 0.5) is 20.1 Å². The van der Waals surface area contributed by atoms with Crippen molar-refractivity contribution in [1.29, 1.82) is 0 Å². The van der Waals surface area contributed by atoms with Crippen LogP contribution in [0.2, 0.25) is 0 Å². The van der Waals surface area contributed by atoms with Gasteiger partial charge in [-0.15, -0.1) is 16.9 Å². The normalized spacial score (nSPS) is 18.0. The van der Waals surface area contributed by atoms with Crippen LogP contribution in [0.1, 0.15) is 56.0 Å². The minimum absolute atomic E-state index is 0.0138. The second-order valence-electron chi connectivity index (χ2n) is 15.7. The maximum absolute atomic E-state index is 14.7. The van der Waals surface area contributed by atoms with Crippen molar-refractivity contribution in [1.82, 2.24) is 44.9 Å². The van der Waals surface area contributed by atoms with Crippen LogP contribution in [-0.4, -0.2) is 120 Å². The van der Waals surface area contributed by atoms with Gasteiger partial charge in [0.1, 0.15) is 22.7 Å². The number of anilines is 1. The van der Waals surface area contributed by atoms with Gasteiger partial charge in [-0.2, -0.15) is 0 Å². The molecule has 3 N–H and O–H groups in total. The number of carbonyl (C=O) groups is 6. The van der Waals surface area contributed by atoms with Gasteiger partial charge in [0.05, 0.1) is 31.1 Å². The van der Waals surface area contributed by atoms with Crippen LogP contribution in [0, 0.1) is 0 Å². The summed E-state index contributed by atoms with van der Waals surface area (Å²) in [4.78, 5) is 84.2. The lowest BCUT2D eigenvalue weighted by molar-refractivity contribution is -0.152. The number of fused-ring (bicyclic) bond motifs is 1. The van der Waals surface area contributed by atoms with E-state index >= 15 is 0 Å². The topological polar surface area (TPSA) is 244 Å². The molecule has 3 aromatic carbocycles. The van der Waals surface area contributed by atoms with Crippen LogP contribution >= 0.6 is 23.5 Å². The first kappa shape index (κ1) is 45.6. The average Bonchev–Trinajstić information content (AvgIpc) is 3.85. The molecule has 0 saturated carbocycles. The SMILES string of the molecule is Cn1nnnc1SCC1=C(C(=O)OC(c2ccccc2)c2ccccc2)N2C(=O)C[C@@H]2SC1NC(=O)C(NC(=O)N1CCN(S(C)(=O)=O)C1=O)c1ccc(NC(=O)OC(C)(C)C)cc1. The van der Waals surface area contributed by atoms with Gasteiger partial charge < -0.3 is 20.1 Å². The number of nitrogens with zero attached hydrogens (tertiary/aromatic N) is 7. The summed E-state index contributed by atoms with van der Waals surface area (Å²) in [6.45, 7) is 4.54. The Morgan fingerprint density at radius 3 is 2.11 bits per heavy atom. The summed E-state index contributed by atoms with van der Waals surface area (Å²) >= 11 is 2.34. The van der Waals surface area contributed by atoms with Gasteiger partial charge in [0, 0.05) is 24.1 Å². The van der Waals surface area contributed by atoms with Crippen molar-refractivity contribution in [3.8, 4) is 0 Å². The molecule has 64 heavy (non-hydrogen) atoms. The summed E-state index contributed by atoms with van der Waals surface area (Å²) in [6, 6.07) is 20.4. The maximum atomic E-state index is 14.7. The average molecular weight is 933 g/mol. The first-order chi connectivity index (χ1) is 30.4. The molecule has 3 atom stereocenters. The van der Waals surface area contributed by atoms with Gasteiger partial charge in [-0.05, 0) is 60.0 Å². The fraction of sp³-hybridized carbons (Fsp3) is 0.341. The van der Waals surface area contributed by atoms with Gasteiger partial charge in [0.25, 0.3) is 0 Å². The van der Waals surface area contributed by atoms with Crippen molar-refractivity contribution >= 4 is 75.2 Å². The lowest BCUT2D eigenvalue weighted by atomic mass is 10.0. The van der Waals surface area contributed by atoms with Crippen LogP contribution in [-0.2, 0) is 40.9 Å². The third-order valence-corrected chi connectivity index (χ3v) is 13.5. The zero-order valence-corrected chi connectivity index (χ0v) is 37.6. The predicted octanol–water partition coefficient (Wildman–Crippen LogP) is 4.13. The number of hydrogen-bond acceptors (Lipinski definition) is 15. The number of sulfonamides is 1. The molecule has 23 heteroatoms. The molecule has 3 aliphatic rings. The summed E-state index contributed by atoms with van der Waals surface area (Å²) in [6.07, 6.45) is -0.726. The third kappa shape index (κ3) is 10.3. The molecule has 336 valence electrons. The Kier molecular flexibility index (Phi) is 13.3. The molecule has 4 aromatic rings. The van der Waals surface area contributed by atoms with E-state index in [0.29, 0.717) is 31.2 Å². The first-order valence-corrected chi connectivity index (χ1v) is 23.5. The van der Waals surface area contributed by atoms with Crippen LogP contribution in [0.15, 0.2) is 101 Å². The number of aromatic nitrogens is 4. The molecule has 7 rings (SSSR count). The molecule has 2 fully saturated rings. The van der Waals surface area contributed by atoms with E-state index in [1.807, 2.05) is 60.7 Å². The summed E-state index contributed by atoms with van der Waals surface area (Å²) in [5, 5.41) is 18.6. The molecule has 0 spiro atoms. The summed E-state index contributed by atoms with van der Waals surface area (Å²) in [5.41, 5.74) is 1.27. The first-order valence-electron chi connectivity index (χ1n) is 19.7. The number of ether oxygens (including phenoxy) is 2. The Morgan fingerprint density at radius 1 is 0.922 bits per heavy atom. The lowest BCUT2D eigenvalue weighted by Crippen LogP contribution is -2.58. The number of aryl methyl sites for hydroxylation is 1. The predicted molar refractivity (Wildman–Crippen MR) is 233 cm³/mol. The molecule has 2 unspecified atom stereocenters. The Bertz CT molecular complexity index is 2550. The molecular weight excluding hydrogens is 889 g/mol. The van der Waals surface area contributed by atoms with Gasteiger partial charge >= 0.3 is 24.1 Å². The zero-order chi connectivity index (χ0) is 45.9. The molecule has 2 saturated heterocycles. The fourth-order valence-corrected chi connectivity index (χ4v) is 10.2. The van der Waals surface area contributed by atoms with E-state index in [1.54, 1.807) is 27.8 Å². The molecular formula is C41H44N10O10S3. The fourth-order valence-electron chi connectivity index (χ4n) is 6.92. The Hall–Kier alpha value is -6.46. The zero-order valence-electron chi connectivity index (χ0n) is 35.2. The Labute approximate surface area is 376 Å². The van der Waals surface area contributed by atoms with E-state index in [0.717, 1.165) is 18.0 Å². The number of urea groups is 2. The number of tetrazole rings is 1. The van der Waals surface area contributed by atoms with Crippen molar-refractivity contribution < 1.29 is 46.7 Å². The van der Waals surface area contributed by atoms with Crippen LogP contribution < -0.4 is 16.0 Å². The molecule has 20 nitrogen and oxygen atoms in total. The minimum Gasteiger partial charge on any atom is -0.448 e. The number of benzene rings is 3. The molecule has 0 aliphatic carbocycles. The second kappa shape index (κ2) is 18.7. The smallest absolute Gasteiger partial charge is 0.412 e. The monoisotopic (exact) mass is 932 g/mol. The molecule has 0 radical (unpaired) electrons. The molecule has 0 bridgehead atoms. The molecule has 4 heterocycles. The van der Waals surface area contributed by atoms with Crippen molar-refractivity contribution in [3.05, 3.63) is 113 Å². The Morgan fingerprint density at radius 2 is 1.56 bits per heavy atom. The largest absolute Gasteiger partial charge is 0.448 e. The number of esters is 1. The van der Waals surface area contributed by atoms with Crippen LogP contribution in [0.25, 0.3) is 0 Å². The van der Waals surface area contributed by atoms with Gasteiger partial charge in [-0.1, -0.05) is 84.6 Å². The summed E-state index contributed by atoms with van der Waals surface area (Å²) < 4.78 is 38.1. The number of thioether (sulfide) groups is 2. The number of hydrogen-bond donors (Lipinski definition) is 3. The minimum atomic E-state index is -4.00. The van der Waals surface area contributed by atoms with Gasteiger partial charge in [0.15, 0.2) is 6.10 Å². The molecule has 1 aromatic heterocycles. The van der Waals surface area contributed by atoms with E-state index in [2.05, 4.69) is 31.5 Å². The highest BCUT2D eigenvalue weighted by Gasteiger charge is 2.50. The number of rotatable bonds is 13. The number of β-lactam (4-membered cyclic amide) rings is 1. The number of carbonyl (C=O) groups excluding carboxylic acids is 6. The van der Waals surface area contributed by atoms with E-state index in [4.69, 9.17) is 9.47 Å². The van der Waals surface area contributed by atoms with Crippen molar-refractivity contribution in [3.63, 3.8) is 0 Å². The maximum Gasteiger partial charge on any atom is 0.412 e. The molecule has 3 aliphatic heterocycles. The van der Waals surface area contributed by atoms with Crippen molar-refractivity contribution in [2.24, 2.45) is 7.05 Å². The van der Waals surface area contributed by atoms with Gasteiger partial charge in [-0.3, -0.25) is 19.8 Å². The second-order valence-corrected chi connectivity index (χ2v) is 19.8. The van der Waals surface area contributed by atoms with E-state index in [-0.39, 0.29) is 48.0 Å². The lowest BCUT2D eigenvalue weighted by Gasteiger charge is -2.47. The summed E-state index contributed by atoms with van der Waals surface area (Å²) in [7, 11) is -2.38. The highest BCUT2D eigenvalue weighted by atomic mass is 32.2. The van der Waals surface area contributed by atoms with Crippen LogP contribution in [0.5, 0.6) is 0 Å². The standard InChI is InChI=1S/C41H44N10O10S3/c1-41(2,3)61-39(56)42-27-18-16-24(17-19-27)31(43-37(55)49-20-21-50(40(49)57)64(5,58)59)34(53)44-35-28(23-62-38-45-46-47-48(38)4)32(51-29(52)22-30(51)63-35)36(54)60-33(25-12-8-6-9-13-25)26-14-10-7-11-15-26/h6-19,30-31,33,35H,20-23H2,1-5H3,(H,42,56)(H,43,55)(H,44,53)/t30-,31?,35?/m0/s1. The Balaban J connectivity index is 1.24. The highest BCUT2D eigenvalue weighted by Crippen LogP contribution is 2.45. The molecule has 7 amide bonds. The third-order valence-electron chi connectivity index (χ3n) is 9.93. The summed E-state index contributed by atoms with van der Waals surface area (Å²) in [5.74, 6) is -1.98. The highest BCUT2D eigenvalue weighted by molar-refractivity contribution is 8.01. The van der Waals surface area contributed by atoms with Crippen molar-refractivity contribution in [2.45, 2.75) is 60.8 Å². The number of amides is 7. The van der Waals surface area contributed by atoms with Crippen molar-refractivity contribution in [2.75, 3.05) is 30.4 Å². The quantitative estimate of drug-likeness (QED) is 0.0970. The van der Waals surface area contributed by atoms with E-state index < -0.39 is 68.5 Å². The van der Waals surface area contributed by atoms with Crippen LogP contribution in [0.3, 0.4) is 0 Å². The number of imide groups is 1. The van der Waals surface area contributed by atoms with E-state index in [9.17, 15) is 37.2 Å².